The standard InChI is InChI=1S/C11H14BClF3O/c1-7(2)9-5-10(13)8(3)4-11(9)17-6-12(14,15)16/h4-5,7H,6H2,1-3H3/q-1. The van der Waals surface area contributed by atoms with E-state index < -0.39 is 13.5 Å². The van der Waals surface area contributed by atoms with Crippen LogP contribution in [0.5, 0.6) is 5.75 Å². The van der Waals surface area contributed by atoms with Crippen molar-refractivity contribution in [3.8, 4) is 5.75 Å². The summed E-state index contributed by atoms with van der Waals surface area (Å²) in [7, 11) is 0. The van der Waals surface area contributed by atoms with Gasteiger partial charge in [0.05, 0.1) is 6.51 Å². The zero-order valence-corrected chi connectivity index (χ0v) is 10.7. The fourth-order valence-electron chi connectivity index (χ4n) is 1.43. The minimum absolute atomic E-state index is 0.0591. The topological polar surface area (TPSA) is 9.23 Å². The van der Waals surface area contributed by atoms with Crippen LogP contribution in [-0.4, -0.2) is 13.5 Å². The van der Waals surface area contributed by atoms with Gasteiger partial charge in [-0.25, -0.2) is 0 Å². The molecule has 0 bridgehead atoms. The molecule has 0 atom stereocenters. The maximum atomic E-state index is 12.2. The summed E-state index contributed by atoms with van der Waals surface area (Å²) in [6, 6.07) is 3.22. The Kier molecular flexibility index (Phi) is 4.36. The average molecular weight is 265 g/mol. The molecule has 6 heteroatoms. The van der Waals surface area contributed by atoms with Crippen LogP contribution < -0.4 is 4.74 Å². The van der Waals surface area contributed by atoms with Gasteiger partial charge in [-0.2, -0.15) is 0 Å². The minimum Gasteiger partial charge on any atom is -0.521 e. The molecule has 1 aromatic rings. The summed E-state index contributed by atoms with van der Waals surface area (Å²) in [5.74, 6) is 0.324. The average Bonchev–Trinajstić information content (AvgIpc) is 2.17. The normalized spacial score (nSPS) is 12.0. The molecule has 1 aromatic carbocycles. The van der Waals surface area contributed by atoms with Crippen molar-refractivity contribution in [3.05, 3.63) is 28.3 Å². The number of hydrogen-bond acceptors (Lipinski definition) is 1. The number of benzene rings is 1. The molecule has 1 nitrogen and oxygen atoms in total. The zero-order valence-electron chi connectivity index (χ0n) is 9.94. The molecule has 0 spiro atoms. The van der Waals surface area contributed by atoms with Crippen LogP contribution in [0.25, 0.3) is 0 Å². The monoisotopic (exact) mass is 265 g/mol. The van der Waals surface area contributed by atoms with Gasteiger partial charge < -0.3 is 17.7 Å². The summed E-state index contributed by atoms with van der Waals surface area (Å²) in [6.07, 6.45) is 0. The van der Waals surface area contributed by atoms with Crippen LogP contribution >= 0.6 is 11.6 Å². The SMILES string of the molecule is Cc1cc(OC[B-](F)(F)F)c(C(C)C)cc1Cl. The Morgan fingerprint density at radius 1 is 1.29 bits per heavy atom. The van der Waals surface area contributed by atoms with Crippen molar-refractivity contribution in [1.29, 1.82) is 0 Å². The van der Waals surface area contributed by atoms with Gasteiger partial charge in [-0.15, -0.1) is 0 Å². The second kappa shape index (κ2) is 5.21. The highest BCUT2D eigenvalue weighted by molar-refractivity contribution is 6.58. The van der Waals surface area contributed by atoms with Gasteiger partial charge in [0, 0.05) is 5.02 Å². The van der Waals surface area contributed by atoms with E-state index in [4.69, 9.17) is 16.3 Å². The van der Waals surface area contributed by atoms with E-state index in [0.717, 1.165) is 0 Å². The first kappa shape index (κ1) is 14.2. The summed E-state index contributed by atoms with van der Waals surface area (Å²) in [4.78, 5) is 0. The Labute approximate surface area is 104 Å². The maximum absolute atomic E-state index is 12.2. The Balaban J connectivity index is 3.00. The van der Waals surface area contributed by atoms with Gasteiger partial charge in [0.2, 0.25) is 0 Å². The third-order valence-corrected chi connectivity index (χ3v) is 2.75. The highest BCUT2D eigenvalue weighted by atomic mass is 35.5. The molecule has 0 saturated heterocycles. The molecule has 0 amide bonds. The number of aryl methyl sites for hydroxylation is 1. The summed E-state index contributed by atoms with van der Waals surface area (Å²) >= 11 is 5.95. The molecule has 0 unspecified atom stereocenters. The maximum Gasteiger partial charge on any atom is 0.515 e. The predicted molar refractivity (Wildman–Crippen MR) is 64.9 cm³/mol. The van der Waals surface area contributed by atoms with Crippen molar-refractivity contribution in [2.45, 2.75) is 26.7 Å². The molecule has 96 valence electrons. The van der Waals surface area contributed by atoms with Crippen LogP contribution in [0.3, 0.4) is 0 Å². The Hall–Kier alpha value is -0.835. The van der Waals surface area contributed by atoms with Gasteiger partial charge in [0.15, 0.2) is 0 Å². The van der Waals surface area contributed by atoms with Crippen molar-refractivity contribution in [2.24, 2.45) is 0 Å². The Bertz CT molecular complexity index is 404. The lowest BCUT2D eigenvalue weighted by Crippen LogP contribution is -2.26. The molecule has 0 aliphatic heterocycles. The van der Waals surface area contributed by atoms with Crippen molar-refractivity contribution >= 4 is 18.6 Å². The first-order valence-corrected chi connectivity index (χ1v) is 5.72. The molecule has 0 heterocycles. The third-order valence-electron chi connectivity index (χ3n) is 2.34. The fraction of sp³-hybridized carbons (Fsp3) is 0.455. The molecule has 17 heavy (non-hydrogen) atoms. The van der Waals surface area contributed by atoms with Crippen LogP contribution in [0, 0.1) is 6.92 Å². The largest absolute Gasteiger partial charge is 0.521 e. The fourth-order valence-corrected chi connectivity index (χ4v) is 1.60. The molecule has 0 N–H and O–H groups in total. The van der Waals surface area contributed by atoms with E-state index in [-0.39, 0.29) is 11.7 Å². The molecule has 0 aliphatic carbocycles. The summed E-state index contributed by atoms with van der Waals surface area (Å²) in [6.45, 7) is -0.664. The Morgan fingerprint density at radius 2 is 1.88 bits per heavy atom. The second-order valence-electron chi connectivity index (χ2n) is 4.32. The van der Waals surface area contributed by atoms with Crippen molar-refractivity contribution < 1.29 is 17.7 Å². The van der Waals surface area contributed by atoms with E-state index in [2.05, 4.69) is 0 Å². The lowest BCUT2D eigenvalue weighted by Gasteiger charge is -2.20. The van der Waals surface area contributed by atoms with Crippen LogP contribution in [-0.2, 0) is 0 Å². The van der Waals surface area contributed by atoms with Gasteiger partial charge in [-0.1, -0.05) is 25.4 Å². The van der Waals surface area contributed by atoms with E-state index in [1.54, 1.807) is 19.1 Å². The smallest absolute Gasteiger partial charge is 0.515 e. The molecular weight excluding hydrogens is 251 g/mol. The van der Waals surface area contributed by atoms with Gasteiger partial charge in [-0.3, -0.25) is 0 Å². The van der Waals surface area contributed by atoms with Gasteiger partial charge in [0.1, 0.15) is 5.75 Å². The molecule has 0 aliphatic rings. The summed E-state index contributed by atoms with van der Waals surface area (Å²) < 4.78 is 41.3. The van der Waals surface area contributed by atoms with E-state index in [9.17, 15) is 12.9 Å². The first-order chi connectivity index (χ1) is 7.70. The van der Waals surface area contributed by atoms with Crippen LogP contribution in [0.15, 0.2) is 12.1 Å². The van der Waals surface area contributed by atoms with Crippen LogP contribution in [0.1, 0.15) is 30.9 Å². The van der Waals surface area contributed by atoms with Gasteiger partial charge in [-0.05, 0) is 36.1 Å². The molecule has 1 rings (SSSR count). The van der Waals surface area contributed by atoms with E-state index in [1.807, 2.05) is 13.8 Å². The van der Waals surface area contributed by atoms with Gasteiger partial charge in [0.25, 0.3) is 0 Å². The lowest BCUT2D eigenvalue weighted by molar-refractivity contribution is 0.310. The first-order valence-electron chi connectivity index (χ1n) is 5.34. The molecular formula is C11H14BClF3O-. The molecule has 0 fully saturated rings. The van der Waals surface area contributed by atoms with Crippen LogP contribution in [0.2, 0.25) is 5.02 Å². The highest BCUT2D eigenvalue weighted by Gasteiger charge is 2.25. The van der Waals surface area contributed by atoms with Gasteiger partial charge >= 0.3 is 6.98 Å². The lowest BCUT2D eigenvalue weighted by atomic mass is 9.94. The van der Waals surface area contributed by atoms with E-state index in [1.165, 1.54) is 0 Å². The zero-order chi connectivity index (χ0) is 13.2. The summed E-state index contributed by atoms with van der Waals surface area (Å²) in [5, 5.41) is 0.540. The molecule has 0 aromatic heterocycles. The highest BCUT2D eigenvalue weighted by Crippen LogP contribution is 2.32. The number of ether oxygens (including phenoxy) is 1. The second-order valence-corrected chi connectivity index (χ2v) is 4.72. The molecule has 0 saturated carbocycles. The number of halogens is 4. The number of hydrogen-bond donors (Lipinski definition) is 0. The van der Waals surface area contributed by atoms with Crippen molar-refractivity contribution in [3.63, 3.8) is 0 Å². The van der Waals surface area contributed by atoms with Crippen LogP contribution in [0.4, 0.5) is 12.9 Å². The minimum atomic E-state index is -4.94. The third kappa shape index (κ3) is 4.15. The Morgan fingerprint density at radius 3 is 2.35 bits per heavy atom. The quantitative estimate of drug-likeness (QED) is 0.726. The number of rotatable bonds is 4. The van der Waals surface area contributed by atoms with E-state index in [0.29, 0.717) is 16.1 Å². The van der Waals surface area contributed by atoms with Crippen molar-refractivity contribution in [2.75, 3.05) is 6.51 Å². The molecule has 0 radical (unpaired) electrons. The predicted octanol–water partition coefficient (Wildman–Crippen LogP) is 4.54. The van der Waals surface area contributed by atoms with Crippen molar-refractivity contribution in [1.82, 2.24) is 0 Å². The summed E-state index contributed by atoms with van der Waals surface area (Å²) in [5.41, 5.74) is 1.40. The van der Waals surface area contributed by atoms with E-state index >= 15 is 0 Å².